The van der Waals surface area contributed by atoms with Gasteiger partial charge in [-0.2, -0.15) is 0 Å². The Bertz CT molecular complexity index is 557. The van der Waals surface area contributed by atoms with E-state index in [1.165, 1.54) is 0 Å². The molecule has 0 amide bonds. The monoisotopic (exact) mass is 388 g/mol. The number of benzene rings is 2. The highest BCUT2D eigenvalue weighted by Gasteiger charge is 2.13. The van der Waals surface area contributed by atoms with Gasteiger partial charge in [-0.1, -0.05) is 67.7 Å². The second-order valence-electron chi connectivity index (χ2n) is 3.98. The number of halogens is 3. The first-order chi connectivity index (χ1) is 8.58. The molecule has 0 saturated carbocycles. The highest BCUT2D eigenvalue weighted by molar-refractivity contribution is 9.11. The molecular weight excluding hydrogens is 379 g/mol. The molecule has 18 heavy (non-hydrogen) atoms. The third-order valence-electron chi connectivity index (χ3n) is 2.69. The Balaban J connectivity index is 2.22. The van der Waals surface area contributed by atoms with Gasteiger partial charge in [0.15, 0.2) is 0 Å². The van der Waals surface area contributed by atoms with Gasteiger partial charge in [0.1, 0.15) is 0 Å². The van der Waals surface area contributed by atoms with Gasteiger partial charge in [0.25, 0.3) is 0 Å². The summed E-state index contributed by atoms with van der Waals surface area (Å²) in [5, 5.41) is 11.0. The van der Waals surface area contributed by atoms with Crippen molar-refractivity contribution in [3.63, 3.8) is 0 Å². The average molecular weight is 391 g/mol. The van der Waals surface area contributed by atoms with E-state index in [1.54, 1.807) is 0 Å². The van der Waals surface area contributed by atoms with Crippen molar-refractivity contribution < 1.29 is 5.11 Å². The zero-order chi connectivity index (χ0) is 13.1. The molecule has 2 aromatic carbocycles. The molecule has 94 valence electrons. The molecular formula is C14H11Br2ClO. The molecule has 2 rings (SSSR count). The van der Waals surface area contributed by atoms with Crippen LogP contribution in [0.25, 0.3) is 0 Å². The summed E-state index contributed by atoms with van der Waals surface area (Å²) in [6.07, 6.45) is -0.0766. The highest BCUT2D eigenvalue weighted by atomic mass is 79.9. The van der Waals surface area contributed by atoms with E-state index >= 15 is 0 Å². The number of aliphatic hydroxyl groups is 1. The zero-order valence-electron chi connectivity index (χ0n) is 9.41. The summed E-state index contributed by atoms with van der Waals surface area (Å²) in [7, 11) is 0. The second-order valence-corrected chi connectivity index (χ2v) is 6.15. The quantitative estimate of drug-likeness (QED) is 0.769. The van der Waals surface area contributed by atoms with E-state index in [9.17, 15) is 5.11 Å². The summed E-state index contributed by atoms with van der Waals surface area (Å²) in [6.45, 7) is 0. The molecule has 2 aromatic rings. The van der Waals surface area contributed by atoms with Crippen LogP contribution in [0, 0.1) is 0 Å². The Hall–Kier alpha value is -0.350. The van der Waals surface area contributed by atoms with Crippen molar-refractivity contribution in [1.29, 1.82) is 0 Å². The number of hydrogen-bond donors (Lipinski definition) is 1. The minimum Gasteiger partial charge on any atom is -0.388 e. The van der Waals surface area contributed by atoms with Gasteiger partial charge in [0.05, 0.1) is 6.10 Å². The molecule has 1 unspecified atom stereocenters. The maximum absolute atomic E-state index is 10.3. The second kappa shape index (κ2) is 6.20. The van der Waals surface area contributed by atoms with Crippen molar-refractivity contribution in [3.05, 3.63) is 67.6 Å². The lowest BCUT2D eigenvalue weighted by atomic mass is 10.0. The van der Waals surface area contributed by atoms with Gasteiger partial charge in [-0.3, -0.25) is 0 Å². The van der Waals surface area contributed by atoms with Crippen molar-refractivity contribution in [3.8, 4) is 0 Å². The minimum absolute atomic E-state index is 0.500. The Labute approximate surface area is 128 Å². The maximum Gasteiger partial charge on any atom is 0.0841 e. The lowest BCUT2D eigenvalue weighted by Gasteiger charge is -2.14. The first-order valence-corrected chi connectivity index (χ1v) is 7.40. The van der Waals surface area contributed by atoms with Crippen LogP contribution >= 0.6 is 43.5 Å². The fraction of sp³-hybridized carbons (Fsp3) is 0.143. The molecule has 0 bridgehead atoms. The first kappa shape index (κ1) is 14.1. The van der Waals surface area contributed by atoms with Crippen LogP contribution in [0.1, 0.15) is 17.2 Å². The summed E-state index contributed by atoms with van der Waals surface area (Å²) in [4.78, 5) is 0. The first-order valence-electron chi connectivity index (χ1n) is 5.44. The lowest BCUT2D eigenvalue weighted by molar-refractivity contribution is 0.177. The van der Waals surface area contributed by atoms with Gasteiger partial charge >= 0.3 is 0 Å². The van der Waals surface area contributed by atoms with Crippen LogP contribution in [0.5, 0.6) is 0 Å². The Kier molecular flexibility index (Phi) is 4.84. The van der Waals surface area contributed by atoms with Crippen molar-refractivity contribution in [2.45, 2.75) is 12.5 Å². The van der Waals surface area contributed by atoms with Crippen LogP contribution in [0.3, 0.4) is 0 Å². The van der Waals surface area contributed by atoms with E-state index in [0.717, 1.165) is 20.1 Å². The molecule has 0 radical (unpaired) electrons. The highest BCUT2D eigenvalue weighted by Crippen LogP contribution is 2.30. The van der Waals surface area contributed by atoms with Crippen molar-refractivity contribution >= 4 is 43.5 Å². The Morgan fingerprint density at radius 2 is 1.83 bits per heavy atom. The normalized spacial score (nSPS) is 12.4. The van der Waals surface area contributed by atoms with Crippen LogP contribution in [-0.2, 0) is 6.42 Å². The standard InChI is InChI=1S/C14H11Br2ClO/c15-10-5-6-11(12(16)8-10)14(18)7-9-3-1-2-4-13(9)17/h1-6,8,14,18H,7H2. The topological polar surface area (TPSA) is 20.2 Å². The van der Waals surface area contributed by atoms with E-state index in [-0.39, 0.29) is 0 Å². The van der Waals surface area contributed by atoms with Crippen molar-refractivity contribution in [2.75, 3.05) is 0 Å². The third kappa shape index (κ3) is 3.35. The molecule has 0 aliphatic carbocycles. The number of hydrogen-bond acceptors (Lipinski definition) is 1. The zero-order valence-corrected chi connectivity index (χ0v) is 13.3. The summed E-state index contributed by atoms with van der Waals surface area (Å²) in [5.74, 6) is 0. The van der Waals surface area contributed by atoms with Gasteiger partial charge in [0.2, 0.25) is 0 Å². The Morgan fingerprint density at radius 1 is 1.11 bits per heavy atom. The maximum atomic E-state index is 10.3. The smallest absolute Gasteiger partial charge is 0.0841 e. The van der Waals surface area contributed by atoms with E-state index in [2.05, 4.69) is 31.9 Å². The van der Waals surface area contributed by atoms with Gasteiger partial charge < -0.3 is 5.11 Å². The lowest BCUT2D eigenvalue weighted by Crippen LogP contribution is -2.03. The number of aliphatic hydroxyl groups excluding tert-OH is 1. The van der Waals surface area contributed by atoms with Gasteiger partial charge in [-0.25, -0.2) is 0 Å². The molecule has 0 aliphatic heterocycles. The number of rotatable bonds is 3. The summed E-state index contributed by atoms with van der Waals surface area (Å²) in [5.41, 5.74) is 1.81. The van der Waals surface area contributed by atoms with Gasteiger partial charge in [-0.15, -0.1) is 0 Å². The van der Waals surface area contributed by atoms with Crippen LogP contribution in [0.15, 0.2) is 51.4 Å². The molecule has 0 spiro atoms. The average Bonchev–Trinajstić information content (AvgIpc) is 2.32. The summed E-state index contributed by atoms with van der Waals surface area (Å²) in [6, 6.07) is 13.3. The molecule has 4 heteroatoms. The SMILES string of the molecule is OC(Cc1ccccc1Cl)c1ccc(Br)cc1Br. The molecule has 0 heterocycles. The molecule has 1 N–H and O–H groups in total. The molecule has 0 saturated heterocycles. The van der Waals surface area contributed by atoms with Gasteiger partial charge in [0, 0.05) is 20.4 Å². The molecule has 1 nitrogen and oxygen atoms in total. The van der Waals surface area contributed by atoms with E-state index < -0.39 is 6.10 Å². The summed E-state index contributed by atoms with van der Waals surface area (Å²) >= 11 is 12.9. The van der Waals surface area contributed by atoms with E-state index in [0.29, 0.717) is 11.4 Å². The predicted octanol–water partition coefficient (Wildman–Crippen LogP) is 5.14. The fourth-order valence-corrected chi connectivity index (χ4v) is 3.28. The van der Waals surface area contributed by atoms with Gasteiger partial charge in [-0.05, 0) is 29.3 Å². The predicted molar refractivity (Wildman–Crippen MR) is 82.0 cm³/mol. The molecule has 1 atom stereocenters. The third-order valence-corrected chi connectivity index (χ3v) is 4.24. The van der Waals surface area contributed by atoms with Crippen molar-refractivity contribution in [1.82, 2.24) is 0 Å². The van der Waals surface area contributed by atoms with Crippen LogP contribution in [0.4, 0.5) is 0 Å². The Morgan fingerprint density at radius 3 is 2.50 bits per heavy atom. The largest absolute Gasteiger partial charge is 0.388 e. The molecule has 0 aliphatic rings. The fourth-order valence-electron chi connectivity index (χ4n) is 1.75. The molecule has 0 fully saturated rings. The van der Waals surface area contributed by atoms with Crippen LogP contribution in [0.2, 0.25) is 5.02 Å². The summed E-state index contributed by atoms with van der Waals surface area (Å²) < 4.78 is 1.86. The minimum atomic E-state index is -0.577. The van der Waals surface area contributed by atoms with Crippen molar-refractivity contribution in [2.24, 2.45) is 0 Å². The molecule has 0 aromatic heterocycles. The van der Waals surface area contributed by atoms with Crippen LogP contribution < -0.4 is 0 Å². The van der Waals surface area contributed by atoms with E-state index in [4.69, 9.17) is 11.6 Å². The van der Waals surface area contributed by atoms with E-state index in [1.807, 2.05) is 42.5 Å². The van der Waals surface area contributed by atoms with Crippen LogP contribution in [-0.4, -0.2) is 5.11 Å².